The average Bonchev–Trinajstić information content (AvgIpc) is 2.03. The first-order valence-corrected chi connectivity index (χ1v) is 3.82. The number of hydrogen-bond donors (Lipinski definition) is 2. The molecule has 0 unspecified atom stereocenters. The highest BCUT2D eigenvalue weighted by Gasteiger charge is 2.11. The third-order valence-corrected chi connectivity index (χ3v) is 1.73. The third kappa shape index (κ3) is 1.90. The number of carboxylic acid groups (broad SMARTS) is 1. The van der Waals surface area contributed by atoms with Crippen LogP contribution in [0.25, 0.3) is 0 Å². The van der Waals surface area contributed by atoms with E-state index >= 15 is 0 Å². The molecule has 3 N–H and O–H groups in total. The third-order valence-electron chi connectivity index (χ3n) is 1.73. The second kappa shape index (κ2) is 3.35. The Kier molecular flexibility index (Phi) is 2.41. The predicted molar refractivity (Wildman–Crippen MR) is 52.1 cm³/mol. The van der Waals surface area contributed by atoms with E-state index in [-0.39, 0.29) is 5.56 Å². The van der Waals surface area contributed by atoms with E-state index in [1.807, 2.05) is 0 Å². The Bertz CT molecular complexity index is 334. The van der Waals surface area contributed by atoms with Gasteiger partial charge in [0, 0.05) is 19.8 Å². The molecule has 4 nitrogen and oxygen atoms in total. The number of benzene rings is 1. The van der Waals surface area contributed by atoms with Crippen molar-refractivity contribution in [3.63, 3.8) is 0 Å². The zero-order valence-corrected chi connectivity index (χ0v) is 7.61. The van der Waals surface area contributed by atoms with Crippen LogP contribution in [0, 0.1) is 0 Å². The summed E-state index contributed by atoms with van der Waals surface area (Å²) in [4.78, 5) is 12.5. The standard InChI is InChI=1S/C9H12N2O2/c1-11(2)8-4-3-6(10)5-7(8)9(12)13/h3-5H,10H2,1-2H3,(H,12,13). The number of nitrogens with two attached hydrogens (primary N) is 1. The van der Waals surface area contributed by atoms with E-state index in [0.29, 0.717) is 11.4 Å². The molecule has 4 heteroatoms. The van der Waals surface area contributed by atoms with E-state index in [1.165, 1.54) is 6.07 Å². The Balaban J connectivity index is 3.27. The van der Waals surface area contributed by atoms with Crippen LogP contribution in [0.1, 0.15) is 10.4 Å². The minimum absolute atomic E-state index is 0.227. The largest absolute Gasteiger partial charge is 0.478 e. The van der Waals surface area contributed by atoms with Gasteiger partial charge in [-0.15, -0.1) is 0 Å². The summed E-state index contributed by atoms with van der Waals surface area (Å²) in [5, 5.41) is 8.86. The van der Waals surface area contributed by atoms with E-state index < -0.39 is 5.97 Å². The van der Waals surface area contributed by atoms with E-state index in [9.17, 15) is 4.79 Å². The van der Waals surface area contributed by atoms with Crippen molar-refractivity contribution in [2.75, 3.05) is 24.7 Å². The number of aromatic carboxylic acids is 1. The molecular weight excluding hydrogens is 168 g/mol. The van der Waals surface area contributed by atoms with Crippen LogP contribution >= 0.6 is 0 Å². The summed E-state index contributed by atoms with van der Waals surface area (Å²) >= 11 is 0. The number of carbonyl (C=O) groups is 1. The summed E-state index contributed by atoms with van der Waals surface area (Å²) in [7, 11) is 3.58. The van der Waals surface area contributed by atoms with Gasteiger partial charge >= 0.3 is 5.97 Å². The minimum Gasteiger partial charge on any atom is -0.478 e. The predicted octanol–water partition coefficient (Wildman–Crippen LogP) is 1.03. The lowest BCUT2D eigenvalue weighted by Crippen LogP contribution is -2.14. The van der Waals surface area contributed by atoms with Crippen molar-refractivity contribution in [1.82, 2.24) is 0 Å². The van der Waals surface area contributed by atoms with Crippen LogP contribution in [-0.2, 0) is 0 Å². The van der Waals surface area contributed by atoms with Crippen LogP contribution < -0.4 is 10.6 Å². The van der Waals surface area contributed by atoms with Crippen molar-refractivity contribution in [2.45, 2.75) is 0 Å². The van der Waals surface area contributed by atoms with Crippen LogP contribution in [0.15, 0.2) is 18.2 Å². The molecule has 0 saturated carbocycles. The van der Waals surface area contributed by atoms with Crippen LogP contribution in [0.5, 0.6) is 0 Å². The average molecular weight is 180 g/mol. The van der Waals surface area contributed by atoms with Gasteiger partial charge in [0.2, 0.25) is 0 Å². The van der Waals surface area contributed by atoms with Gasteiger partial charge in [0.25, 0.3) is 0 Å². The maximum Gasteiger partial charge on any atom is 0.337 e. The maximum absolute atomic E-state index is 10.8. The Morgan fingerprint density at radius 1 is 1.46 bits per heavy atom. The Hall–Kier alpha value is -1.71. The normalized spacial score (nSPS) is 9.69. The maximum atomic E-state index is 10.8. The molecule has 1 aromatic rings. The number of hydrogen-bond acceptors (Lipinski definition) is 3. The molecule has 0 bridgehead atoms. The molecule has 0 aliphatic carbocycles. The quantitative estimate of drug-likeness (QED) is 0.667. The van der Waals surface area contributed by atoms with E-state index in [0.717, 1.165) is 0 Å². The molecule has 0 aromatic heterocycles. The molecule has 0 amide bonds. The van der Waals surface area contributed by atoms with Crippen molar-refractivity contribution in [3.05, 3.63) is 23.8 Å². The summed E-state index contributed by atoms with van der Waals surface area (Å²) in [6.07, 6.45) is 0. The lowest BCUT2D eigenvalue weighted by Gasteiger charge is -2.15. The molecule has 0 heterocycles. The van der Waals surface area contributed by atoms with E-state index in [4.69, 9.17) is 10.8 Å². The highest BCUT2D eigenvalue weighted by molar-refractivity contribution is 5.95. The Labute approximate surface area is 76.6 Å². The van der Waals surface area contributed by atoms with Gasteiger partial charge in [0.15, 0.2) is 0 Å². The fourth-order valence-electron chi connectivity index (χ4n) is 1.11. The molecule has 0 aliphatic heterocycles. The van der Waals surface area contributed by atoms with Crippen molar-refractivity contribution in [1.29, 1.82) is 0 Å². The molecule has 13 heavy (non-hydrogen) atoms. The lowest BCUT2D eigenvalue weighted by molar-refractivity contribution is 0.0697. The first-order valence-electron chi connectivity index (χ1n) is 3.82. The first kappa shape index (κ1) is 9.38. The summed E-state index contributed by atoms with van der Waals surface area (Å²) < 4.78 is 0. The minimum atomic E-state index is -0.962. The topological polar surface area (TPSA) is 66.6 Å². The highest BCUT2D eigenvalue weighted by atomic mass is 16.4. The molecule has 0 aliphatic rings. The Morgan fingerprint density at radius 3 is 2.54 bits per heavy atom. The van der Waals surface area contributed by atoms with Crippen molar-refractivity contribution < 1.29 is 9.90 Å². The molecule has 0 saturated heterocycles. The van der Waals surface area contributed by atoms with E-state index in [1.54, 1.807) is 31.1 Å². The molecule has 0 fully saturated rings. The van der Waals surface area contributed by atoms with Gasteiger partial charge in [-0.05, 0) is 18.2 Å². The number of carboxylic acids is 1. The smallest absolute Gasteiger partial charge is 0.337 e. The summed E-state index contributed by atoms with van der Waals surface area (Å²) in [6, 6.07) is 4.83. The van der Waals surface area contributed by atoms with Gasteiger partial charge in [-0.1, -0.05) is 0 Å². The number of nitrogen functional groups attached to an aromatic ring is 1. The molecule has 0 atom stereocenters. The van der Waals surface area contributed by atoms with Crippen molar-refractivity contribution in [2.24, 2.45) is 0 Å². The van der Waals surface area contributed by atoms with Gasteiger partial charge in [0.05, 0.1) is 11.3 Å². The fraction of sp³-hybridized carbons (Fsp3) is 0.222. The van der Waals surface area contributed by atoms with Crippen LogP contribution in [0.3, 0.4) is 0 Å². The van der Waals surface area contributed by atoms with Gasteiger partial charge in [-0.25, -0.2) is 4.79 Å². The second-order valence-electron chi connectivity index (χ2n) is 2.98. The molecule has 1 aromatic carbocycles. The van der Waals surface area contributed by atoms with Crippen molar-refractivity contribution in [3.8, 4) is 0 Å². The highest BCUT2D eigenvalue weighted by Crippen LogP contribution is 2.20. The van der Waals surface area contributed by atoms with Gasteiger partial charge in [-0.3, -0.25) is 0 Å². The summed E-state index contributed by atoms with van der Waals surface area (Å²) in [5.74, 6) is -0.962. The Morgan fingerprint density at radius 2 is 2.08 bits per heavy atom. The molecular formula is C9H12N2O2. The van der Waals surface area contributed by atoms with Gasteiger partial charge in [-0.2, -0.15) is 0 Å². The zero-order chi connectivity index (χ0) is 10.0. The number of anilines is 2. The second-order valence-corrected chi connectivity index (χ2v) is 2.98. The van der Waals surface area contributed by atoms with E-state index in [2.05, 4.69) is 0 Å². The fourth-order valence-corrected chi connectivity index (χ4v) is 1.11. The number of rotatable bonds is 2. The first-order chi connectivity index (χ1) is 6.02. The van der Waals surface area contributed by atoms with Gasteiger partial charge in [0.1, 0.15) is 0 Å². The van der Waals surface area contributed by atoms with Crippen LogP contribution in [0.2, 0.25) is 0 Å². The monoisotopic (exact) mass is 180 g/mol. The molecule has 70 valence electrons. The summed E-state index contributed by atoms with van der Waals surface area (Å²) in [5.41, 5.74) is 6.83. The molecule has 0 radical (unpaired) electrons. The summed E-state index contributed by atoms with van der Waals surface area (Å²) in [6.45, 7) is 0. The number of nitrogens with zero attached hydrogens (tertiary/aromatic N) is 1. The lowest BCUT2D eigenvalue weighted by atomic mass is 10.1. The zero-order valence-electron chi connectivity index (χ0n) is 7.61. The molecule has 0 spiro atoms. The van der Waals surface area contributed by atoms with Crippen molar-refractivity contribution >= 4 is 17.3 Å². The van der Waals surface area contributed by atoms with Crippen LogP contribution in [0.4, 0.5) is 11.4 Å². The van der Waals surface area contributed by atoms with Crippen LogP contribution in [-0.4, -0.2) is 25.2 Å². The molecule has 1 rings (SSSR count). The SMILES string of the molecule is CN(C)c1ccc(N)cc1C(=O)O. The van der Waals surface area contributed by atoms with Gasteiger partial charge < -0.3 is 15.7 Å².